The highest BCUT2D eigenvalue weighted by molar-refractivity contribution is 5.74. The van der Waals surface area contributed by atoms with E-state index < -0.39 is 27.9 Å². The number of nitrogens with zero attached hydrogens (tertiary/aromatic N) is 3. The summed E-state index contributed by atoms with van der Waals surface area (Å²) in [5, 5.41) is 17.0. The fourth-order valence-electron chi connectivity index (χ4n) is 1.97. The molecule has 134 valence electrons. The lowest BCUT2D eigenvalue weighted by Gasteiger charge is -2.21. The number of rotatable bonds is 4. The van der Waals surface area contributed by atoms with Gasteiger partial charge in [0, 0.05) is 11.2 Å². The van der Waals surface area contributed by atoms with Crippen LogP contribution in [-0.2, 0) is 6.18 Å². The van der Waals surface area contributed by atoms with E-state index in [0.29, 0.717) is 0 Å². The normalized spacial score (nSPS) is 11.9. The molecule has 2 N–H and O–H groups in total. The van der Waals surface area contributed by atoms with E-state index in [2.05, 4.69) is 20.6 Å². The van der Waals surface area contributed by atoms with Crippen LogP contribution in [0, 0.1) is 10.1 Å². The first-order chi connectivity index (χ1) is 11.5. The van der Waals surface area contributed by atoms with Crippen LogP contribution in [0.25, 0.3) is 0 Å². The van der Waals surface area contributed by atoms with Gasteiger partial charge in [-0.05, 0) is 45.0 Å². The topological polar surface area (TPSA) is 93.0 Å². The van der Waals surface area contributed by atoms with Gasteiger partial charge in [0.05, 0.1) is 10.5 Å². The Bertz CT molecular complexity index is 770. The standard InChI is InChI=1S/C15H16F3N5O2/c1-14(2,3)22-13-11(23(24)25)12(19-8-20-13)21-10-6-4-9(5-7-10)15(16,17)18/h4-8H,1-3H3,(H2,19,20,21,22). The van der Waals surface area contributed by atoms with Crippen molar-refractivity contribution in [2.45, 2.75) is 32.5 Å². The molecule has 0 saturated carbocycles. The van der Waals surface area contributed by atoms with Gasteiger partial charge in [-0.2, -0.15) is 13.2 Å². The molecule has 0 bridgehead atoms. The third-order valence-electron chi connectivity index (χ3n) is 2.97. The fourth-order valence-corrected chi connectivity index (χ4v) is 1.97. The zero-order valence-electron chi connectivity index (χ0n) is 13.7. The maximum atomic E-state index is 12.6. The third-order valence-corrected chi connectivity index (χ3v) is 2.97. The predicted octanol–water partition coefficient (Wildman–Crippen LogP) is 4.36. The number of benzene rings is 1. The second-order valence-corrected chi connectivity index (χ2v) is 6.25. The van der Waals surface area contributed by atoms with Gasteiger partial charge in [-0.25, -0.2) is 9.97 Å². The third kappa shape index (κ3) is 4.78. The fraction of sp³-hybridized carbons (Fsp3) is 0.333. The molecule has 0 saturated heterocycles. The molecular formula is C15H16F3N5O2. The lowest BCUT2D eigenvalue weighted by atomic mass is 10.1. The highest BCUT2D eigenvalue weighted by Crippen LogP contribution is 2.34. The minimum absolute atomic E-state index is 0.0157. The Kier molecular flexibility index (Phi) is 4.82. The van der Waals surface area contributed by atoms with Crippen molar-refractivity contribution < 1.29 is 18.1 Å². The zero-order chi connectivity index (χ0) is 18.8. The minimum atomic E-state index is -4.46. The number of nitrogens with one attached hydrogen (secondary N) is 2. The maximum Gasteiger partial charge on any atom is 0.416 e. The molecule has 2 aromatic rings. The van der Waals surface area contributed by atoms with Gasteiger partial charge in [0.15, 0.2) is 0 Å². The molecule has 0 radical (unpaired) electrons. The van der Waals surface area contributed by atoms with E-state index in [0.717, 1.165) is 18.5 Å². The van der Waals surface area contributed by atoms with Gasteiger partial charge in [0.1, 0.15) is 6.33 Å². The van der Waals surface area contributed by atoms with E-state index in [-0.39, 0.29) is 17.3 Å². The Hall–Kier alpha value is -2.91. The molecule has 2 rings (SSSR count). The molecule has 0 unspecified atom stereocenters. The summed E-state index contributed by atoms with van der Waals surface area (Å²) in [6.45, 7) is 5.42. The Morgan fingerprint density at radius 3 is 2.08 bits per heavy atom. The van der Waals surface area contributed by atoms with Crippen LogP contribution in [0.4, 0.5) is 36.2 Å². The van der Waals surface area contributed by atoms with Crippen LogP contribution in [0.5, 0.6) is 0 Å². The van der Waals surface area contributed by atoms with Gasteiger partial charge >= 0.3 is 11.9 Å². The maximum absolute atomic E-state index is 12.6. The number of hydrogen-bond donors (Lipinski definition) is 2. The average molecular weight is 355 g/mol. The summed E-state index contributed by atoms with van der Waals surface area (Å²) in [4.78, 5) is 18.5. The van der Waals surface area contributed by atoms with Crippen LogP contribution >= 0.6 is 0 Å². The first-order valence-corrected chi connectivity index (χ1v) is 7.19. The van der Waals surface area contributed by atoms with Crippen molar-refractivity contribution in [2.24, 2.45) is 0 Å². The molecule has 1 heterocycles. The van der Waals surface area contributed by atoms with Crippen molar-refractivity contribution in [3.8, 4) is 0 Å². The number of halogens is 3. The van der Waals surface area contributed by atoms with Gasteiger partial charge in [0.2, 0.25) is 11.6 Å². The summed E-state index contributed by atoms with van der Waals surface area (Å²) < 4.78 is 37.8. The number of nitro groups is 1. The van der Waals surface area contributed by atoms with Gasteiger partial charge in [0.25, 0.3) is 0 Å². The Balaban J connectivity index is 2.36. The summed E-state index contributed by atoms with van der Waals surface area (Å²) in [6, 6.07) is 4.10. The molecule has 0 atom stereocenters. The van der Waals surface area contributed by atoms with Crippen molar-refractivity contribution in [3.05, 3.63) is 46.3 Å². The van der Waals surface area contributed by atoms with E-state index in [1.807, 2.05) is 20.8 Å². The van der Waals surface area contributed by atoms with Gasteiger partial charge in [-0.15, -0.1) is 0 Å². The molecule has 7 nitrogen and oxygen atoms in total. The minimum Gasteiger partial charge on any atom is -0.360 e. The molecule has 0 aliphatic rings. The number of hydrogen-bond acceptors (Lipinski definition) is 6. The van der Waals surface area contributed by atoms with E-state index in [9.17, 15) is 23.3 Å². The number of anilines is 3. The highest BCUT2D eigenvalue weighted by Gasteiger charge is 2.30. The molecule has 0 aliphatic carbocycles. The SMILES string of the molecule is CC(C)(C)Nc1ncnc(Nc2ccc(C(F)(F)F)cc2)c1[N+](=O)[O-]. The van der Waals surface area contributed by atoms with Crippen LogP contribution in [0.15, 0.2) is 30.6 Å². The smallest absolute Gasteiger partial charge is 0.360 e. The monoisotopic (exact) mass is 355 g/mol. The summed E-state index contributed by atoms with van der Waals surface area (Å²) in [6.07, 6.45) is -3.32. The Morgan fingerprint density at radius 2 is 1.60 bits per heavy atom. The Morgan fingerprint density at radius 1 is 1.04 bits per heavy atom. The summed E-state index contributed by atoms with van der Waals surface area (Å²) >= 11 is 0. The molecule has 0 spiro atoms. The van der Waals surface area contributed by atoms with Crippen LogP contribution in [0.2, 0.25) is 0 Å². The van der Waals surface area contributed by atoms with Crippen LogP contribution in [0.1, 0.15) is 26.3 Å². The van der Waals surface area contributed by atoms with E-state index in [4.69, 9.17) is 0 Å². The van der Waals surface area contributed by atoms with Crippen molar-refractivity contribution >= 4 is 23.0 Å². The lowest BCUT2D eigenvalue weighted by molar-refractivity contribution is -0.383. The number of alkyl halides is 3. The van der Waals surface area contributed by atoms with Gasteiger partial charge < -0.3 is 10.6 Å². The van der Waals surface area contributed by atoms with Crippen LogP contribution in [-0.4, -0.2) is 20.4 Å². The van der Waals surface area contributed by atoms with Crippen LogP contribution in [0.3, 0.4) is 0 Å². The van der Waals surface area contributed by atoms with E-state index in [1.165, 1.54) is 12.1 Å². The molecule has 0 fully saturated rings. The highest BCUT2D eigenvalue weighted by atomic mass is 19.4. The molecule has 1 aromatic heterocycles. The van der Waals surface area contributed by atoms with Crippen molar-refractivity contribution in [1.29, 1.82) is 0 Å². The molecule has 25 heavy (non-hydrogen) atoms. The zero-order valence-corrected chi connectivity index (χ0v) is 13.7. The summed E-state index contributed by atoms with van der Waals surface area (Å²) in [7, 11) is 0. The molecule has 10 heteroatoms. The molecule has 0 amide bonds. The lowest BCUT2D eigenvalue weighted by Crippen LogP contribution is -2.27. The van der Waals surface area contributed by atoms with Gasteiger partial charge in [-0.1, -0.05) is 0 Å². The second-order valence-electron chi connectivity index (χ2n) is 6.25. The second kappa shape index (κ2) is 6.54. The Labute approximate surface area is 141 Å². The van der Waals surface area contributed by atoms with Crippen LogP contribution < -0.4 is 10.6 Å². The summed E-state index contributed by atoms with van der Waals surface area (Å²) in [5.74, 6) is -0.103. The van der Waals surface area contributed by atoms with Crippen molar-refractivity contribution in [1.82, 2.24) is 9.97 Å². The first-order valence-electron chi connectivity index (χ1n) is 7.19. The van der Waals surface area contributed by atoms with Gasteiger partial charge in [-0.3, -0.25) is 10.1 Å². The van der Waals surface area contributed by atoms with Crippen molar-refractivity contribution in [3.63, 3.8) is 0 Å². The average Bonchev–Trinajstić information content (AvgIpc) is 2.45. The van der Waals surface area contributed by atoms with E-state index in [1.54, 1.807) is 0 Å². The molecule has 0 aliphatic heterocycles. The largest absolute Gasteiger partial charge is 0.416 e. The number of aromatic nitrogens is 2. The summed E-state index contributed by atoms with van der Waals surface area (Å²) in [5.41, 5.74) is -1.45. The van der Waals surface area contributed by atoms with Crippen molar-refractivity contribution in [2.75, 3.05) is 10.6 Å². The quantitative estimate of drug-likeness (QED) is 0.625. The molecular weight excluding hydrogens is 339 g/mol. The molecule has 1 aromatic carbocycles. The first kappa shape index (κ1) is 18.4. The predicted molar refractivity (Wildman–Crippen MR) is 86.8 cm³/mol. The van der Waals surface area contributed by atoms with E-state index >= 15 is 0 Å².